The predicted octanol–water partition coefficient (Wildman–Crippen LogP) is 3.33. The van der Waals surface area contributed by atoms with Crippen LogP contribution in [0, 0.1) is 0 Å². The first-order chi connectivity index (χ1) is 9.27. The Balaban J connectivity index is 3.27. The number of hydrogen-bond acceptors (Lipinski definition) is 0. The van der Waals surface area contributed by atoms with Gasteiger partial charge < -0.3 is 0 Å². The van der Waals surface area contributed by atoms with Gasteiger partial charge >= 0.3 is 165 Å². The van der Waals surface area contributed by atoms with E-state index >= 15 is 0 Å². The third kappa shape index (κ3) is 8.87. The van der Waals surface area contributed by atoms with Crippen molar-refractivity contribution in [3.8, 4) is 0 Å². The molecule has 0 N–H and O–H groups in total. The van der Waals surface area contributed by atoms with Crippen LogP contribution in [0.2, 0.25) is 10.3 Å². The van der Waals surface area contributed by atoms with Gasteiger partial charge in [0.05, 0.1) is 0 Å². The Labute approximate surface area is 163 Å². The van der Waals surface area contributed by atoms with Crippen LogP contribution in [0.15, 0.2) is 18.2 Å². The van der Waals surface area contributed by atoms with Gasteiger partial charge in [0, 0.05) is 0 Å². The van der Waals surface area contributed by atoms with E-state index in [2.05, 4.69) is 80.5 Å². The number of hydrogen-bond donors (Lipinski definition) is 0. The predicted molar refractivity (Wildman–Crippen MR) is 102 cm³/mol. The number of benzene rings is 1. The topological polar surface area (TPSA) is 0 Å². The van der Waals surface area contributed by atoms with Gasteiger partial charge in [-0.25, -0.2) is 0 Å². The summed E-state index contributed by atoms with van der Waals surface area (Å²) in [7, 11) is 0. The molecular weight excluding hydrogens is 572 g/mol. The third-order valence-electron chi connectivity index (χ3n) is 2.58. The van der Waals surface area contributed by atoms with Crippen LogP contribution in [-0.4, -0.2) is 63.4 Å². The first-order valence-corrected chi connectivity index (χ1v) is 16.3. The molecule has 1 aromatic carbocycles. The zero-order chi connectivity index (χ0) is 16.5. The molecule has 0 nitrogen and oxygen atoms in total. The molecule has 3 heteroatoms. The van der Waals surface area contributed by atoms with Crippen LogP contribution in [0.25, 0.3) is 0 Å². The molecule has 114 valence electrons. The molecule has 0 heterocycles. The molecule has 0 bridgehead atoms. The first kappa shape index (κ1) is 20.7. The molecule has 6 radical (unpaired) electrons. The van der Waals surface area contributed by atoms with Crippen molar-refractivity contribution in [2.75, 3.05) is 0 Å². The van der Waals surface area contributed by atoms with Crippen LogP contribution in [0.4, 0.5) is 0 Å². The molecule has 0 unspecified atom stereocenters. The number of rotatable bonds is 3. The van der Waals surface area contributed by atoms with Crippen molar-refractivity contribution in [2.24, 2.45) is 0 Å². The van der Waals surface area contributed by atoms with Crippen molar-refractivity contribution in [1.82, 2.24) is 0 Å². The minimum atomic E-state index is -0.506. The second-order valence-electron chi connectivity index (χ2n) is 8.85. The van der Waals surface area contributed by atoms with Crippen LogP contribution in [0.5, 0.6) is 0 Å². The fourth-order valence-corrected chi connectivity index (χ4v) is 18.4. The Morgan fingerprint density at radius 1 is 0.571 bits per heavy atom. The van der Waals surface area contributed by atoms with E-state index in [-0.39, 0.29) is 0 Å². The summed E-state index contributed by atoms with van der Waals surface area (Å²) >= 11 is -1.49. The molecule has 0 spiro atoms. The van der Waals surface area contributed by atoms with Crippen molar-refractivity contribution < 1.29 is 0 Å². The molecule has 0 aliphatic heterocycles. The molecule has 1 rings (SSSR count). The van der Waals surface area contributed by atoms with Gasteiger partial charge in [-0.15, -0.1) is 0 Å². The van der Waals surface area contributed by atoms with Gasteiger partial charge in [-0.3, -0.25) is 0 Å². The summed E-state index contributed by atoms with van der Waals surface area (Å²) in [6.07, 6.45) is 0. The monoisotopic (exact) mass is 606 g/mol. The van der Waals surface area contributed by atoms with Gasteiger partial charge in [-0.05, 0) is 0 Å². The summed E-state index contributed by atoms with van der Waals surface area (Å²) in [6.45, 7) is 22.1. The fourth-order valence-electron chi connectivity index (χ4n) is 2.08. The quantitative estimate of drug-likeness (QED) is 0.466. The van der Waals surface area contributed by atoms with E-state index in [9.17, 15) is 0 Å². The Hall–Kier alpha value is 1.62. The van der Waals surface area contributed by atoms with Crippen LogP contribution < -0.4 is 10.7 Å². The van der Waals surface area contributed by atoms with E-state index in [4.69, 9.17) is 0 Å². The fraction of sp³-hybridized carbons (Fsp3) is 0.667. The van der Waals surface area contributed by atoms with E-state index in [0.717, 1.165) is 0 Å². The van der Waals surface area contributed by atoms with Crippen LogP contribution in [0.3, 0.4) is 0 Å². The molecule has 0 saturated carbocycles. The Morgan fingerprint density at radius 3 is 1.19 bits per heavy atom. The third-order valence-corrected chi connectivity index (χ3v) is 19.2. The van der Waals surface area contributed by atoms with Crippen LogP contribution in [-0.2, 0) is 0 Å². The summed E-state index contributed by atoms with van der Waals surface area (Å²) in [5, 5.41) is 0. The molecule has 0 atom stereocenters. The molecule has 1 aromatic rings. The van der Waals surface area contributed by atoms with Crippen LogP contribution in [0.1, 0.15) is 62.3 Å². The van der Waals surface area contributed by atoms with Crippen molar-refractivity contribution in [3.05, 3.63) is 18.2 Å². The summed E-state index contributed by atoms with van der Waals surface area (Å²) in [4.78, 5) is 0. The summed E-state index contributed by atoms with van der Waals surface area (Å²) in [5.74, 6) is 0. The molecule has 0 aliphatic carbocycles. The van der Waals surface area contributed by atoms with E-state index in [1.54, 1.807) is 0 Å². The maximum atomic E-state index is 2.49. The molecule has 0 amide bonds. The normalized spacial score (nSPS) is 13.6. The molecule has 0 aromatic heterocycles. The molecular formula is C18H30Sn3. The zero-order valence-electron chi connectivity index (χ0n) is 15.2. The molecule has 0 saturated heterocycles. The van der Waals surface area contributed by atoms with Crippen LogP contribution >= 0.6 is 0 Å². The zero-order valence-corrected chi connectivity index (χ0v) is 23.8. The molecule has 0 aliphatic rings. The van der Waals surface area contributed by atoms with Gasteiger partial charge in [0.15, 0.2) is 0 Å². The van der Waals surface area contributed by atoms with E-state index in [1.807, 2.05) is 10.7 Å². The van der Waals surface area contributed by atoms with Gasteiger partial charge in [0.25, 0.3) is 0 Å². The average Bonchev–Trinajstić information content (AvgIpc) is 2.16. The van der Waals surface area contributed by atoms with Crippen molar-refractivity contribution >= 4 is 74.2 Å². The second kappa shape index (κ2) is 7.67. The Bertz CT molecular complexity index is 436. The van der Waals surface area contributed by atoms with E-state index in [1.165, 1.54) is 0 Å². The standard InChI is InChI=1S/C6H3.3C4H9.3Sn/c1-2-4-6-5-3-1;3*1-4(2)3;;;/h1-3H;3*1-3H3;;;. The molecule has 21 heavy (non-hydrogen) atoms. The van der Waals surface area contributed by atoms with Gasteiger partial charge in [-0.2, -0.15) is 0 Å². The minimum absolute atomic E-state index is 0.491. The summed E-state index contributed by atoms with van der Waals surface area (Å²) < 4.78 is 7.28. The van der Waals surface area contributed by atoms with Gasteiger partial charge in [0.1, 0.15) is 0 Å². The Kier molecular flexibility index (Phi) is 7.54. The Morgan fingerprint density at radius 2 is 0.905 bits per heavy atom. The molecule has 0 fully saturated rings. The maximum absolute atomic E-state index is 2.49. The van der Waals surface area contributed by atoms with E-state index in [0.29, 0.717) is 10.3 Å². The van der Waals surface area contributed by atoms with Crippen molar-refractivity contribution in [1.29, 1.82) is 0 Å². The summed E-state index contributed by atoms with van der Waals surface area (Å²) in [5.41, 5.74) is 0. The van der Waals surface area contributed by atoms with Crippen molar-refractivity contribution in [3.63, 3.8) is 0 Å². The van der Waals surface area contributed by atoms with Gasteiger partial charge in [0.2, 0.25) is 0 Å². The first-order valence-electron chi connectivity index (χ1n) is 7.74. The average molecular weight is 603 g/mol. The SMILES string of the molecule is C[C](C)(C)[Sn][c]1ccc[c]([Sn][C](C)(C)C)[c]1[Sn][C](C)(C)C. The second-order valence-corrected chi connectivity index (χ2v) is 28.3. The summed E-state index contributed by atoms with van der Waals surface area (Å²) in [6, 6.07) is 7.35. The van der Waals surface area contributed by atoms with Crippen molar-refractivity contribution in [2.45, 2.75) is 72.6 Å². The van der Waals surface area contributed by atoms with E-state index < -0.39 is 63.4 Å². The van der Waals surface area contributed by atoms with Gasteiger partial charge in [-0.1, -0.05) is 0 Å².